The standard InChI is InChI=1S/C19H22Cl2N2O3/c1-23(12-14-6-5-7-15(20)19(14)21)13-18(24)22-10-11-26-17-9-4-3-8-16(17)25-2/h3-9H,10-13H2,1-2H3,(H,22,24). The Balaban J connectivity index is 1.72. The summed E-state index contributed by atoms with van der Waals surface area (Å²) in [6.07, 6.45) is 0. The highest BCUT2D eigenvalue weighted by molar-refractivity contribution is 6.42. The summed E-state index contributed by atoms with van der Waals surface area (Å²) in [6, 6.07) is 12.9. The number of hydrogen-bond acceptors (Lipinski definition) is 4. The van der Waals surface area contributed by atoms with Crippen LogP contribution in [0.25, 0.3) is 0 Å². The normalized spacial score (nSPS) is 10.7. The molecule has 0 fully saturated rings. The summed E-state index contributed by atoms with van der Waals surface area (Å²) >= 11 is 12.2. The molecule has 26 heavy (non-hydrogen) atoms. The Kier molecular flexibility index (Phi) is 8.04. The zero-order valence-corrected chi connectivity index (χ0v) is 16.3. The van der Waals surface area contributed by atoms with E-state index in [0.717, 1.165) is 5.56 Å². The molecule has 2 rings (SSSR count). The van der Waals surface area contributed by atoms with Crippen molar-refractivity contribution in [2.24, 2.45) is 0 Å². The maximum atomic E-state index is 12.0. The maximum Gasteiger partial charge on any atom is 0.234 e. The Morgan fingerprint density at radius 1 is 1.12 bits per heavy atom. The molecule has 0 saturated heterocycles. The molecule has 1 N–H and O–H groups in total. The van der Waals surface area contributed by atoms with Gasteiger partial charge in [-0.1, -0.05) is 47.5 Å². The van der Waals surface area contributed by atoms with Crippen molar-refractivity contribution in [2.75, 3.05) is 33.9 Å². The molecule has 0 aromatic heterocycles. The molecule has 0 spiro atoms. The van der Waals surface area contributed by atoms with E-state index in [1.807, 2.05) is 48.3 Å². The smallest absolute Gasteiger partial charge is 0.234 e. The van der Waals surface area contributed by atoms with Gasteiger partial charge in [-0.25, -0.2) is 0 Å². The van der Waals surface area contributed by atoms with Crippen molar-refractivity contribution in [1.82, 2.24) is 10.2 Å². The summed E-state index contributed by atoms with van der Waals surface area (Å²) in [7, 11) is 3.44. The Morgan fingerprint density at radius 3 is 2.58 bits per heavy atom. The molecule has 0 heterocycles. The predicted molar refractivity (Wildman–Crippen MR) is 104 cm³/mol. The van der Waals surface area contributed by atoms with Crippen molar-refractivity contribution in [3.63, 3.8) is 0 Å². The van der Waals surface area contributed by atoms with Gasteiger partial charge in [0.25, 0.3) is 0 Å². The lowest BCUT2D eigenvalue weighted by atomic mass is 10.2. The number of ether oxygens (including phenoxy) is 2. The lowest BCUT2D eigenvalue weighted by Crippen LogP contribution is -2.36. The van der Waals surface area contributed by atoms with Crippen LogP contribution in [0.2, 0.25) is 10.0 Å². The van der Waals surface area contributed by atoms with Gasteiger partial charge in [-0.15, -0.1) is 0 Å². The second kappa shape index (κ2) is 10.3. The molecule has 0 aliphatic rings. The van der Waals surface area contributed by atoms with Gasteiger partial charge in [-0.2, -0.15) is 0 Å². The number of carbonyl (C=O) groups excluding carboxylic acids is 1. The highest BCUT2D eigenvalue weighted by Gasteiger charge is 2.10. The van der Waals surface area contributed by atoms with Gasteiger partial charge in [-0.3, -0.25) is 9.69 Å². The first kappa shape index (κ1) is 20.4. The molecule has 0 aliphatic carbocycles. The van der Waals surface area contributed by atoms with Crippen molar-refractivity contribution in [3.8, 4) is 11.5 Å². The van der Waals surface area contributed by atoms with Crippen LogP contribution in [-0.4, -0.2) is 44.7 Å². The first-order chi connectivity index (χ1) is 12.5. The van der Waals surface area contributed by atoms with Crippen LogP contribution in [0, 0.1) is 0 Å². The van der Waals surface area contributed by atoms with E-state index in [9.17, 15) is 4.79 Å². The fourth-order valence-corrected chi connectivity index (χ4v) is 2.79. The fourth-order valence-electron chi connectivity index (χ4n) is 2.41. The van der Waals surface area contributed by atoms with Gasteiger partial charge in [0.1, 0.15) is 6.61 Å². The van der Waals surface area contributed by atoms with Crippen LogP contribution in [0.15, 0.2) is 42.5 Å². The van der Waals surface area contributed by atoms with E-state index in [0.29, 0.717) is 41.2 Å². The number of para-hydroxylation sites is 2. The number of methoxy groups -OCH3 is 1. The average molecular weight is 397 g/mol. The Labute approximate surface area is 163 Å². The van der Waals surface area contributed by atoms with Crippen LogP contribution < -0.4 is 14.8 Å². The van der Waals surface area contributed by atoms with Crippen LogP contribution in [0.3, 0.4) is 0 Å². The van der Waals surface area contributed by atoms with Crippen LogP contribution in [0.1, 0.15) is 5.56 Å². The lowest BCUT2D eigenvalue weighted by Gasteiger charge is -2.17. The molecule has 140 valence electrons. The maximum absolute atomic E-state index is 12.0. The van der Waals surface area contributed by atoms with Gasteiger partial charge in [0.15, 0.2) is 11.5 Å². The number of benzene rings is 2. The monoisotopic (exact) mass is 396 g/mol. The largest absolute Gasteiger partial charge is 0.493 e. The summed E-state index contributed by atoms with van der Waals surface area (Å²) in [5, 5.41) is 3.86. The van der Waals surface area contributed by atoms with Gasteiger partial charge in [0.2, 0.25) is 5.91 Å². The summed E-state index contributed by atoms with van der Waals surface area (Å²) in [5.74, 6) is 1.23. The minimum absolute atomic E-state index is 0.0886. The number of hydrogen-bond donors (Lipinski definition) is 1. The second-order valence-electron chi connectivity index (χ2n) is 5.73. The van der Waals surface area contributed by atoms with Crippen LogP contribution in [0.4, 0.5) is 0 Å². The summed E-state index contributed by atoms with van der Waals surface area (Å²) in [5.41, 5.74) is 0.883. The van der Waals surface area contributed by atoms with E-state index in [1.54, 1.807) is 13.2 Å². The molecule has 2 aromatic carbocycles. The Morgan fingerprint density at radius 2 is 1.85 bits per heavy atom. The molecule has 7 heteroatoms. The molecule has 0 aliphatic heterocycles. The SMILES string of the molecule is COc1ccccc1OCCNC(=O)CN(C)Cc1cccc(Cl)c1Cl. The van der Waals surface area contributed by atoms with Crippen molar-refractivity contribution < 1.29 is 14.3 Å². The van der Waals surface area contributed by atoms with Gasteiger partial charge in [0.05, 0.1) is 30.2 Å². The minimum atomic E-state index is -0.0886. The second-order valence-corrected chi connectivity index (χ2v) is 6.52. The number of nitrogens with one attached hydrogen (secondary N) is 1. The number of nitrogens with zero attached hydrogens (tertiary/aromatic N) is 1. The van der Waals surface area contributed by atoms with Gasteiger partial charge in [0, 0.05) is 6.54 Å². The van der Waals surface area contributed by atoms with E-state index >= 15 is 0 Å². The zero-order valence-electron chi connectivity index (χ0n) is 14.8. The van der Waals surface area contributed by atoms with Crippen molar-refractivity contribution in [2.45, 2.75) is 6.54 Å². The highest BCUT2D eigenvalue weighted by Crippen LogP contribution is 2.26. The summed E-state index contributed by atoms with van der Waals surface area (Å²) in [6.45, 7) is 1.54. The third-order valence-corrected chi connectivity index (χ3v) is 4.49. The van der Waals surface area contributed by atoms with Gasteiger partial charge < -0.3 is 14.8 Å². The van der Waals surface area contributed by atoms with Gasteiger partial charge >= 0.3 is 0 Å². The van der Waals surface area contributed by atoms with Crippen LogP contribution in [0.5, 0.6) is 11.5 Å². The molecule has 0 bridgehead atoms. The van der Waals surface area contributed by atoms with E-state index in [-0.39, 0.29) is 12.5 Å². The van der Waals surface area contributed by atoms with E-state index < -0.39 is 0 Å². The predicted octanol–water partition coefficient (Wildman–Crippen LogP) is 3.63. The average Bonchev–Trinajstić information content (AvgIpc) is 2.63. The van der Waals surface area contributed by atoms with Crippen molar-refractivity contribution in [1.29, 1.82) is 0 Å². The molecule has 0 saturated carbocycles. The molecular weight excluding hydrogens is 375 g/mol. The highest BCUT2D eigenvalue weighted by atomic mass is 35.5. The third kappa shape index (κ3) is 6.09. The topological polar surface area (TPSA) is 50.8 Å². The lowest BCUT2D eigenvalue weighted by molar-refractivity contribution is -0.122. The zero-order chi connectivity index (χ0) is 18.9. The summed E-state index contributed by atoms with van der Waals surface area (Å²) in [4.78, 5) is 13.9. The fraction of sp³-hybridized carbons (Fsp3) is 0.316. The number of likely N-dealkylation sites (N-methyl/N-ethyl adjacent to an activating group) is 1. The summed E-state index contributed by atoms with van der Waals surface area (Å²) < 4.78 is 10.8. The quantitative estimate of drug-likeness (QED) is 0.657. The van der Waals surface area contributed by atoms with E-state index in [2.05, 4.69) is 5.32 Å². The van der Waals surface area contributed by atoms with E-state index in [4.69, 9.17) is 32.7 Å². The first-order valence-electron chi connectivity index (χ1n) is 8.15. The molecule has 5 nitrogen and oxygen atoms in total. The van der Waals surface area contributed by atoms with Crippen LogP contribution >= 0.6 is 23.2 Å². The number of rotatable bonds is 9. The minimum Gasteiger partial charge on any atom is -0.493 e. The molecule has 0 unspecified atom stereocenters. The molecule has 2 aromatic rings. The molecule has 0 radical (unpaired) electrons. The molecule has 0 atom stereocenters. The number of amides is 1. The van der Waals surface area contributed by atoms with Crippen LogP contribution in [-0.2, 0) is 11.3 Å². The Bertz CT molecular complexity index is 740. The third-order valence-electron chi connectivity index (χ3n) is 3.64. The van der Waals surface area contributed by atoms with Gasteiger partial charge in [-0.05, 0) is 30.8 Å². The first-order valence-corrected chi connectivity index (χ1v) is 8.90. The molecular formula is C19H22Cl2N2O3. The van der Waals surface area contributed by atoms with Crippen molar-refractivity contribution in [3.05, 3.63) is 58.1 Å². The number of carbonyl (C=O) groups is 1. The molecule has 1 amide bonds. The van der Waals surface area contributed by atoms with Crippen molar-refractivity contribution >= 4 is 29.1 Å². The van der Waals surface area contributed by atoms with E-state index in [1.165, 1.54) is 0 Å². The number of halogens is 2. The Hall–Kier alpha value is -1.95.